The number of carbonyl (C=O) groups excluding carboxylic acids is 6. The molecule has 6 atom stereocenters. The molecule has 12 nitrogen and oxygen atoms in total. The molecule has 2 fully saturated rings. The number of likely N-dealkylation sites (N-methyl/N-ethyl adjacent to an activating group) is 1. The zero-order chi connectivity index (χ0) is 38.4. The first-order valence-electron chi connectivity index (χ1n) is 18.2. The summed E-state index contributed by atoms with van der Waals surface area (Å²) in [6.07, 6.45) is 1.44. The highest BCUT2D eigenvalue weighted by Crippen LogP contribution is 2.65. The van der Waals surface area contributed by atoms with E-state index in [-0.39, 0.29) is 35.5 Å². The highest BCUT2D eigenvalue weighted by molar-refractivity contribution is 6.38. The third-order valence-corrected chi connectivity index (χ3v) is 10.4. The van der Waals surface area contributed by atoms with E-state index in [1.165, 1.54) is 4.90 Å². The number of carbonyl (C=O) groups is 6. The molecule has 1 heterocycles. The standard InChI is InChI=1S/C40H56N6O6/c1-9-16-28(33(48)36(50)42-23-29(47)44-31(37(51)45(7)8)26-19-14-11-15-20-26)43-35(49)32-30-27(40(30,5)6)24-46(32)38(52)34(39(2,3)4)41-22-21-25-17-12-10-13-18-25/h10-15,17-20,27-28,30-32,34,41H,9,16,21-24H2,1-8H3,(H,42,50)(H,43,49)(H,44,47)/t27?,28?,30?,31?,32-,34?/m0/s1. The first-order chi connectivity index (χ1) is 24.5. The van der Waals surface area contributed by atoms with Crippen LogP contribution >= 0.6 is 0 Å². The molecule has 0 radical (unpaired) electrons. The fraction of sp³-hybridized carbons (Fsp3) is 0.550. The van der Waals surface area contributed by atoms with E-state index in [1.54, 1.807) is 49.3 Å². The highest BCUT2D eigenvalue weighted by Gasteiger charge is 2.69. The number of rotatable bonds is 16. The van der Waals surface area contributed by atoms with Crippen LogP contribution in [-0.2, 0) is 35.2 Å². The van der Waals surface area contributed by atoms with Crippen LogP contribution in [0.25, 0.3) is 0 Å². The van der Waals surface area contributed by atoms with Crippen LogP contribution in [0.5, 0.6) is 0 Å². The molecular weight excluding hydrogens is 660 g/mol. The second-order valence-corrected chi connectivity index (χ2v) is 15.9. The van der Waals surface area contributed by atoms with E-state index in [0.29, 0.717) is 25.1 Å². The Morgan fingerprint density at radius 3 is 2.12 bits per heavy atom. The van der Waals surface area contributed by atoms with E-state index in [2.05, 4.69) is 35.1 Å². The molecule has 2 aromatic carbocycles. The maximum absolute atomic E-state index is 14.3. The van der Waals surface area contributed by atoms with Gasteiger partial charge in [-0.2, -0.15) is 0 Å². The number of benzene rings is 2. The van der Waals surface area contributed by atoms with Crippen LogP contribution in [0.2, 0.25) is 0 Å². The first-order valence-corrected chi connectivity index (χ1v) is 18.2. The average Bonchev–Trinajstić information content (AvgIpc) is 3.40. The Morgan fingerprint density at radius 1 is 0.923 bits per heavy atom. The largest absolute Gasteiger partial charge is 0.347 e. The number of likely N-dealkylation sites (tertiary alicyclic amines) is 1. The lowest BCUT2D eigenvalue weighted by Crippen LogP contribution is -2.60. The summed E-state index contributed by atoms with van der Waals surface area (Å²) in [5, 5.41) is 11.3. The van der Waals surface area contributed by atoms with Gasteiger partial charge in [-0.15, -0.1) is 0 Å². The molecule has 5 unspecified atom stereocenters. The number of nitrogens with one attached hydrogen (secondary N) is 4. The number of ketones is 1. The minimum atomic E-state index is -1.15. The van der Waals surface area contributed by atoms with E-state index in [1.807, 2.05) is 58.0 Å². The van der Waals surface area contributed by atoms with Crippen LogP contribution in [0.1, 0.15) is 71.6 Å². The van der Waals surface area contributed by atoms with Gasteiger partial charge in [0.1, 0.15) is 12.1 Å². The summed E-state index contributed by atoms with van der Waals surface area (Å²) in [6.45, 7) is 12.5. The van der Waals surface area contributed by atoms with Crippen LogP contribution in [0.4, 0.5) is 0 Å². The van der Waals surface area contributed by atoms with Crippen molar-refractivity contribution in [3.63, 3.8) is 0 Å². The van der Waals surface area contributed by atoms with Gasteiger partial charge in [0.05, 0.1) is 18.6 Å². The summed E-state index contributed by atoms with van der Waals surface area (Å²) in [7, 11) is 3.15. The Balaban J connectivity index is 1.42. The molecule has 4 N–H and O–H groups in total. The van der Waals surface area contributed by atoms with Crippen molar-refractivity contribution >= 4 is 35.3 Å². The van der Waals surface area contributed by atoms with E-state index in [4.69, 9.17) is 0 Å². The molecule has 2 aromatic rings. The molecule has 0 bridgehead atoms. The predicted octanol–water partition coefficient (Wildman–Crippen LogP) is 2.63. The number of fused-ring (bicyclic) bond motifs is 1. The van der Waals surface area contributed by atoms with E-state index >= 15 is 0 Å². The molecular formula is C40H56N6O6. The molecule has 1 aliphatic carbocycles. The normalized spacial score (nSPS) is 20.5. The maximum Gasteiger partial charge on any atom is 0.290 e. The highest BCUT2D eigenvalue weighted by atomic mass is 16.2. The molecule has 1 aliphatic heterocycles. The number of amides is 5. The van der Waals surface area contributed by atoms with E-state index < -0.39 is 59.6 Å². The van der Waals surface area contributed by atoms with Gasteiger partial charge in [0, 0.05) is 20.6 Å². The number of nitrogens with zero attached hydrogens (tertiary/aromatic N) is 2. The number of piperidine rings is 1. The van der Waals surface area contributed by atoms with Gasteiger partial charge in [-0.1, -0.05) is 109 Å². The number of hydrogen-bond acceptors (Lipinski definition) is 7. The summed E-state index contributed by atoms with van der Waals surface area (Å²) >= 11 is 0. The van der Waals surface area contributed by atoms with Gasteiger partial charge >= 0.3 is 0 Å². The van der Waals surface area contributed by atoms with E-state index in [9.17, 15) is 28.8 Å². The minimum absolute atomic E-state index is 0.0845. The molecule has 2 aliphatic rings. The number of Topliss-reactive ketones (excluding diaryl/α,β-unsaturated/α-hetero) is 1. The molecule has 0 spiro atoms. The van der Waals surface area contributed by atoms with Crippen molar-refractivity contribution < 1.29 is 28.8 Å². The minimum Gasteiger partial charge on any atom is -0.347 e. The first kappa shape index (κ1) is 40.2. The molecule has 282 valence electrons. The predicted molar refractivity (Wildman–Crippen MR) is 199 cm³/mol. The van der Waals surface area contributed by atoms with Gasteiger partial charge in [0.15, 0.2) is 0 Å². The quantitative estimate of drug-likeness (QED) is 0.195. The topological polar surface area (TPSA) is 157 Å². The smallest absolute Gasteiger partial charge is 0.290 e. The lowest BCUT2D eigenvalue weighted by molar-refractivity contribution is -0.145. The average molecular weight is 717 g/mol. The molecule has 5 amide bonds. The van der Waals surface area contributed by atoms with Crippen molar-refractivity contribution in [2.24, 2.45) is 22.7 Å². The summed E-state index contributed by atoms with van der Waals surface area (Å²) in [5.41, 5.74) is 1.13. The van der Waals surface area contributed by atoms with Gasteiger partial charge < -0.3 is 31.1 Å². The molecule has 4 rings (SSSR count). The van der Waals surface area contributed by atoms with Crippen LogP contribution in [0, 0.1) is 22.7 Å². The van der Waals surface area contributed by atoms with Gasteiger partial charge in [0.2, 0.25) is 29.4 Å². The Morgan fingerprint density at radius 2 is 1.54 bits per heavy atom. The summed E-state index contributed by atoms with van der Waals surface area (Å²) in [6, 6.07) is 15.3. The second kappa shape index (κ2) is 16.8. The van der Waals surface area contributed by atoms with Gasteiger partial charge in [-0.3, -0.25) is 28.8 Å². The Bertz CT molecular complexity index is 1610. The zero-order valence-electron chi connectivity index (χ0n) is 31.8. The Kier molecular flexibility index (Phi) is 13.0. The van der Waals surface area contributed by atoms with E-state index in [0.717, 1.165) is 12.0 Å². The molecule has 0 aromatic heterocycles. The van der Waals surface area contributed by atoms with Crippen molar-refractivity contribution in [3.8, 4) is 0 Å². The van der Waals surface area contributed by atoms with Crippen LogP contribution in [-0.4, -0.2) is 97.0 Å². The second-order valence-electron chi connectivity index (χ2n) is 15.9. The van der Waals surface area contributed by atoms with Gasteiger partial charge in [0.25, 0.3) is 5.91 Å². The summed E-state index contributed by atoms with van der Waals surface area (Å²) in [5.74, 6) is -3.50. The van der Waals surface area contributed by atoms with Gasteiger partial charge in [-0.05, 0) is 53.2 Å². The van der Waals surface area contributed by atoms with Gasteiger partial charge in [-0.25, -0.2) is 0 Å². The third kappa shape index (κ3) is 9.44. The molecule has 1 saturated heterocycles. The Labute approximate surface area is 307 Å². The molecule has 12 heteroatoms. The third-order valence-electron chi connectivity index (χ3n) is 10.4. The van der Waals surface area contributed by atoms with Crippen molar-refractivity contribution in [1.82, 2.24) is 31.1 Å². The lowest BCUT2D eigenvalue weighted by Gasteiger charge is -2.38. The van der Waals surface area contributed by atoms with Crippen molar-refractivity contribution in [1.29, 1.82) is 0 Å². The zero-order valence-corrected chi connectivity index (χ0v) is 31.8. The monoisotopic (exact) mass is 716 g/mol. The van der Waals surface area contributed by atoms with Crippen molar-refractivity contribution in [2.75, 3.05) is 33.7 Å². The molecule has 52 heavy (non-hydrogen) atoms. The summed E-state index contributed by atoms with van der Waals surface area (Å²) in [4.78, 5) is 83.6. The van der Waals surface area contributed by atoms with Crippen molar-refractivity contribution in [3.05, 3.63) is 71.8 Å². The maximum atomic E-state index is 14.3. The van der Waals surface area contributed by atoms with Crippen molar-refractivity contribution in [2.45, 2.75) is 85.0 Å². The molecule has 1 saturated carbocycles. The van der Waals surface area contributed by atoms with Crippen LogP contribution in [0.15, 0.2) is 60.7 Å². The lowest BCUT2D eigenvalue weighted by atomic mass is 9.85. The number of hydrogen-bond donors (Lipinski definition) is 4. The fourth-order valence-corrected chi connectivity index (χ4v) is 7.37. The SMILES string of the molecule is CCCC(NC(=O)[C@@H]1C2C(CN1C(=O)C(NCCc1ccccc1)C(C)(C)C)C2(C)C)C(=O)C(=O)NCC(=O)NC(C(=O)N(C)C)c1ccccc1. The van der Waals surface area contributed by atoms with Crippen LogP contribution < -0.4 is 21.3 Å². The Hall–Kier alpha value is -4.58. The fourth-order valence-electron chi connectivity index (χ4n) is 7.37. The summed E-state index contributed by atoms with van der Waals surface area (Å²) < 4.78 is 0. The van der Waals surface area contributed by atoms with Crippen LogP contribution in [0.3, 0.4) is 0 Å².